The second-order valence-corrected chi connectivity index (χ2v) is 6.30. The van der Waals surface area contributed by atoms with Crippen LogP contribution in [-0.4, -0.2) is 23.9 Å². The number of imide groups is 1. The van der Waals surface area contributed by atoms with Crippen LogP contribution in [0.5, 0.6) is 0 Å². The smallest absolute Gasteiger partial charge is 0.263 e. The van der Waals surface area contributed by atoms with Gasteiger partial charge in [0.15, 0.2) is 12.1 Å². The molecule has 2 aliphatic heterocycles. The van der Waals surface area contributed by atoms with E-state index in [0.717, 1.165) is 4.90 Å². The number of nitrogens with zero attached hydrogens (tertiary/aromatic N) is 4. The molecule has 126 valence electrons. The van der Waals surface area contributed by atoms with E-state index in [9.17, 15) is 14.0 Å². The third kappa shape index (κ3) is 2.39. The van der Waals surface area contributed by atoms with Crippen molar-refractivity contribution < 1.29 is 14.0 Å². The average Bonchev–Trinajstić information content (AvgIpc) is 3.12. The third-order valence-electron chi connectivity index (χ3n) is 4.27. The van der Waals surface area contributed by atoms with Gasteiger partial charge in [0.05, 0.1) is 11.4 Å². The van der Waals surface area contributed by atoms with Crippen LogP contribution < -0.4 is 9.91 Å². The number of hydrogen-bond acceptors (Lipinski definition) is 5. The average molecular weight is 359 g/mol. The summed E-state index contributed by atoms with van der Waals surface area (Å²) in [5, 5.41) is 9.74. The number of amides is 2. The molecule has 0 aliphatic carbocycles. The van der Waals surface area contributed by atoms with Crippen LogP contribution in [0.15, 0.2) is 52.8 Å². The molecule has 1 fully saturated rings. The van der Waals surface area contributed by atoms with E-state index in [0.29, 0.717) is 16.3 Å². The zero-order chi connectivity index (χ0) is 17.7. The van der Waals surface area contributed by atoms with Crippen LogP contribution in [-0.2, 0) is 9.59 Å². The van der Waals surface area contributed by atoms with Crippen LogP contribution in [0.1, 0.15) is 5.56 Å². The van der Waals surface area contributed by atoms with Crippen LogP contribution in [0.25, 0.3) is 0 Å². The number of carbonyl (C=O) groups is 2. The molecule has 4 rings (SSSR count). The number of benzene rings is 2. The van der Waals surface area contributed by atoms with Gasteiger partial charge >= 0.3 is 0 Å². The molecule has 2 aromatic rings. The van der Waals surface area contributed by atoms with Crippen LogP contribution in [0.2, 0.25) is 5.02 Å². The molecule has 0 aromatic heterocycles. The topological polar surface area (TPSA) is 65.3 Å². The van der Waals surface area contributed by atoms with Gasteiger partial charge in [0.25, 0.3) is 11.8 Å². The number of carbonyl (C=O) groups excluding carboxylic acids is 2. The summed E-state index contributed by atoms with van der Waals surface area (Å²) in [6.45, 7) is 1.61. The van der Waals surface area contributed by atoms with E-state index in [4.69, 9.17) is 11.6 Å². The van der Waals surface area contributed by atoms with Gasteiger partial charge in [-0.2, -0.15) is 5.11 Å². The lowest BCUT2D eigenvalue weighted by molar-refractivity contribution is -0.121. The Morgan fingerprint density at radius 1 is 1.08 bits per heavy atom. The molecule has 2 atom stereocenters. The molecule has 2 amide bonds. The van der Waals surface area contributed by atoms with E-state index in [1.54, 1.807) is 31.2 Å². The van der Waals surface area contributed by atoms with Gasteiger partial charge in [-0.15, -0.1) is 0 Å². The second kappa shape index (κ2) is 5.63. The number of halogens is 2. The highest BCUT2D eigenvalue weighted by Gasteiger charge is 2.55. The van der Waals surface area contributed by atoms with E-state index in [1.807, 2.05) is 0 Å². The SMILES string of the molecule is Cc1ccc(N2C(=O)[C@@H]3N=NN(c4cccc(Cl)c4)[C@H]3C2=O)cc1F. The van der Waals surface area contributed by atoms with Gasteiger partial charge in [0.1, 0.15) is 5.82 Å². The Kier molecular flexibility index (Phi) is 3.54. The lowest BCUT2D eigenvalue weighted by Gasteiger charge is -2.20. The fraction of sp³-hybridized carbons (Fsp3) is 0.176. The maximum atomic E-state index is 13.8. The van der Waals surface area contributed by atoms with Crippen LogP contribution in [0.3, 0.4) is 0 Å². The van der Waals surface area contributed by atoms with Gasteiger partial charge in [-0.1, -0.05) is 29.0 Å². The standard InChI is InChI=1S/C17H12ClFN4O2/c1-9-5-6-11(8-13(9)19)22-16(24)14-15(17(22)25)23(21-20-14)12-4-2-3-10(18)7-12/h2-8,14-15H,1H3/t14-,15-/m1/s1. The predicted octanol–water partition coefficient (Wildman–Crippen LogP) is 3.29. The van der Waals surface area contributed by atoms with E-state index in [2.05, 4.69) is 10.3 Å². The lowest BCUT2D eigenvalue weighted by atomic mass is 10.1. The maximum Gasteiger partial charge on any atom is 0.263 e. The van der Waals surface area contributed by atoms with Crippen molar-refractivity contribution in [3.63, 3.8) is 0 Å². The summed E-state index contributed by atoms with van der Waals surface area (Å²) in [5.41, 5.74) is 1.18. The molecule has 0 radical (unpaired) electrons. The highest BCUT2D eigenvalue weighted by atomic mass is 35.5. The van der Waals surface area contributed by atoms with E-state index in [1.165, 1.54) is 23.2 Å². The Balaban J connectivity index is 1.71. The first-order valence-electron chi connectivity index (χ1n) is 7.57. The Bertz CT molecular complexity index is 933. The number of rotatable bonds is 2. The molecule has 0 N–H and O–H groups in total. The Labute approximate surface area is 147 Å². The molecule has 0 unspecified atom stereocenters. The van der Waals surface area contributed by atoms with E-state index in [-0.39, 0.29) is 5.69 Å². The molecule has 1 saturated heterocycles. The van der Waals surface area contributed by atoms with Crippen molar-refractivity contribution in [2.75, 3.05) is 9.91 Å². The highest BCUT2D eigenvalue weighted by Crippen LogP contribution is 2.35. The van der Waals surface area contributed by atoms with E-state index < -0.39 is 29.7 Å². The first-order chi connectivity index (χ1) is 12.0. The number of hydrogen-bond donors (Lipinski definition) is 0. The van der Waals surface area contributed by atoms with Crippen molar-refractivity contribution in [1.29, 1.82) is 0 Å². The van der Waals surface area contributed by atoms with Crippen molar-refractivity contribution in [2.45, 2.75) is 19.0 Å². The molecule has 0 spiro atoms. The highest BCUT2D eigenvalue weighted by molar-refractivity contribution is 6.31. The predicted molar refractivity (Wildman–Crippen MR) is 90.0 cm³/mol. The van der Waals surface area contributed by atoms with E-state index >= 15 is 0 Å². The Morgan fingerprint density at radius 3 is 2.60 bits per heavy atom. The number of aryl methyl sites for hydroxylation is 1. The normalized spacial score (nSPS) is 22.0. The minimum atomic E-state index is -0.948. The van der Waals surface area contributed by atoms with Crippen molar-refractivity contribution in [3.05, 3.63) is 58.9 Å². The Hall–Kier alpha value is -2.80. The van der Waals surface area contributed by atoms with Crippen molar-refractivity contribution in [1.82, 2.24) is 0 Å². The molecule has 25 heavy (non-hydrogen) atoms. The number of fused-ring (bicyclic) bond motifs is 1. The van der Waals surface area contributed by atoms with Crippen LogP contribution >= 0.6 is 11.6 Å². The van der Waals surface area contributed by atoms with Crippen LogP contribution in [0.4, 0.5) is 15.8 Å². The summed E-state index contributed by atoms with van der Waals surface area (Å²) < 4.78 is 13.8. The second-order valence-electron chi connectivity index (χ2n) is 5.86. The molecule has 0 saturated carbocycles. The molecular weight excluding hydrogens is 347 g/mol. The monoisotopic (exact) mass is 358 g/mol. The molecule has 0 bridgehead atoms. The lowest BCUT2D eigenvalue weighted by Crippen LogP contribution is -2.39. The fourth-order valence-corrected chi connectivity index (χ4v) is 3.15. The summed E-state index contributed by atoms with van der Waals surface area (Å²) in [6, 6.07) is 9.16. The van der Waals surface area contributed by atoms with Gasteiger partial charge in [-0.3, -0.25) is 9.59 Å². The van der Waals surface area contributed by atoms with Gasteiger partial charge in [0.2, 0.25) is 0 Å². The quantitative estimate of drug-likeness (QED) is 0.774. The summed E-state index contributed by atoms with van der Waals surface area (Å²) >= 11 is 5.99. The largest absolute Gasteiger partial charge is 0.271 e. The van der Waals surface area contributed by atoms with Gasteiger partial charge in [-0.25, -0.2) is 14.3 Å². The first-order valence-corrected chi connectivity index (χ1v) is 7.95. The third-order valence-corrected chi connectivity index (χ3v) is 4.50. The summed E-state index contributed by atoms with van der Waals surface area (Å²) in [4.78, 5) is 26.4. The molecule has 8 heteroatoms. The minimum absolute atomic E-state index is 0.189. The Morgan fingerprint density at radius 2 is 1.88 bits per heavy atom. The minimum Gasteiger partial charge on any atom is -0.271 e. The van der Waals surface area contributed by atoms with Crippen molar-refractivity contribution in [3.8, 4) is 0 Å². The zero-order valence-corrected chi connectivity index (χ0v) is 13.8. The zero-order valence-electron chi connectivity index (χ0n) is 13.1. The molecule has 2 heterocycles. The summed E-state index contributed by atoms with van der Waals surface area (Å²) in [7, 11) is 0. The first kappa shape index (κ1) is 15.7. The summed E-state index contributed by atoms with van der Waals surface area (Å²) in [5.74, 6) is -1.50. The summed E-state index contributed by atoms with van der Waals surface area (Å²) in [6.07, 6.45) is 0. The molecular formula is C17H12ClFN4O2. The van der Waals surface area contributed by atoms with Crippen LogP contribution in [0, 0.1) is 12.7 Å². The van der Waals surface area contributed by atoms with Crippen molar-refractivity contribution >= 4 is 34.8 Å². The maximum absolute atomic E-state index is 13.8. The molecule has 6 nitrogen and oxygen atoms in total. The van der Waals surface area contributed by atoms with Gasteiger partial charge < -0.3 is 0 Å². The number of anilines is 2. The van der Waals surface area contributed by atoms with Gasteiger partial charge in [-0.05, 0) is 42.8 Å². The van der Waals surface area contributed by atoms with Crippen molar-refractivity contribution in [2.24, 2.45) is 10.3 Å². The van der Waals surface area contributed by atoms with Gasteiger partial charge in [0, 0.05) is 5.02 Å². The molecule has 2 aromatic carbocycles. The fourth-order valence-electron chi connectivity index (χ4n) is 2.97. The molecule has 2 aliphatic rings.